The van der Waals surface area contributed by atoms with Crippen LogP contribution < -0.4 is 4.90 Å². The van der Waals surface area contributed by atoms with Crippen LogP contribution in [0, 0.1) is 5.92 Å². The fourth-order valence-corrected chi connectivity index (χ4v) is 1.68. The summed E-state index contributed by atoms with van der Waals surface area (Å²) in [6.07, 6.45) is 1.77. The fraction of sp³-hybridized carbons (Fsp3) is 0.818. The fourth-order valence-electron chi connectivity index (χ4n) is 1.68. The normalized spacial score (nSPS) is 10.4. The molecule has 5 nitrogen and oxygen atoms in total. The van der Waals surface area contributed by atoms with Crippen molar-refractivity contribution < 1.29 is 45.8 Å². The second kappa shape index (κ2) is 10.7. The molecule has 0 unspecified atom stereocenters. The van der Waals surface area contributed by atoms with Gasteiger partial charge in [0, 0.05) is 21.1 Å². The molecule has 0 aliphatic rings. The third kappa shape index (κ3) is 8.33. The standard InChI is InChI=1S/C11H21NO4.Pt/c1-3-12(4-2)8-6-5-7-9(10(13)14)11(15)16;/h9H,3-8H2,1-2H3,(H,13,14)(H,15,16);/p+1. The van der Waals surface area contributed by atoms with Crippen molar-refractivity contribution in [2.45, 2.75) is 33.1 Å². The van der Waals surface area contributed by atoms with E-state index in [1.54, 1.807) is 0 Å². The van der Waals surface area contributed by atoms with Gasteiger partial charge in [-0.05, 0) is 33.1 Å². The summed E-state index contributed by atoms with van der Waals surface area (Å²) >= 11 is 0. The Morgan fingerprint density at radius 2 is 1.53 bits per heavy atom. The second-order valence-electron chi connectivity index (χ2n) is 3.93. The Kier molecular flexibility index (Phi) is 11.9. The molecule has 3 N–H and O–H groups in total. The van der Waals surface area contributed by atoms with E-state index in [1.807, 2.05) is 0 Å². The molecule has 104 valence electrons. The van der Waals surface area contributed by atoms with Gasteiger partial charge in [-0.25, -0.2) is 0 Å². The summed E-state index contributed by atoms with van der Waals surface area (Å²) in [5.41, 5.74) is 0. The molecule has 0 aromatic rings. The molecule has 0 saturated carbocycles. The Hall–Kier alpha value is -0.412. The summed E-state index contributed by atoms with van der Waals surface area (Å²) in [5.74, 6) is -3.71. The predicted molar refractivity (Wildman–Crippen MR) is 59.5 cm³/mol. The Labute approximate surface area is 116 Å². The number of carboxylic acids is 2. The van der Waals surface area contributed by atoms with Gasteiger partial charge in [-0.3, -0.25) is 9.59 Å². The van der Waals surface area contributed by atoms with Crippen LogP contribution in [0.2, 0.25) is 0 Å². The van der Waals surface area contributed by atoms with Crippen molar-refractivity contribution >= 4 is 11.9 Å². The molecular weight excluding hydrogens is 405 g/mol. The van der Waals surface area contributed by atoms with E-state index in [1.165, 1.54) is 4.90 Å². The number of nitrogens with one attached hydrogen (secondary N) is 1. The maximum atomic E-state index is 10.6. The average molecular weight is 427 g/mol. The number of aliphatic carboxylic acids is 2. The summed E-state index contributed by atoms with van der Waals surface area (Å²) in [5, 5.41) is 17.3. The number of carboxylic acid groups (broad SMARTS) is 2. The number of unbranched alkanes of at least 4 members (excludes halogenated alkanes) is 1. The molecule has 0 fully saturated rings. The van der Waals surface area contributed by atoms with Gasteiger partial charge < -0.3 is 15.1 Å². The van der Waals surface area contributed by atoms with Gasteiger partial charge in [0.25, 0.3) is 0 Å². The minimum atomic E-state index is -1.24. The number of hydrogen-bond acceptors (Lipinski definition) is 2. The molecule has 0 atom stereocenters. The van der Waals surface area contributed by atoms with Crippen molar-refractivity contribution in [2.75, 3.05) is 19.6 Å². The minimum absolute atomic E-state index is 0. The van der Waals surface area contributed by atoms with Crippen LogP contribution in [0.4, 0.5) is 0 Å². The van der Waals surface area contributed by atoms with E-state index in [-0.39, 0.29) is 27.5 Å². The van der Waals surface area contributed by atoms with Crippen molar-refractivity contribution in [3.63, 3.8) is 0 Å². The molecular formula is C11H22NO4Pt+. The molecule has 0 bridgehead atoms. The van der Waals surface area contributed by atoms with Crippen molar-refractivity contribution in [2.24, 2.45) is 5.92 Å². The maximum absolute atomic E-state index is 10.6. The third-order valence-electron chi connectivity index (χ3n) is 2.87. The van der Waals surface area contributed by atoms with Gasteiger partial charge in [-0.2, -0.15) is 0 Å². The van der Waals surface area contributed by atoms with Gasteiger partial charge in [0.05, 0.1) is 19.6 Å². The Bertz CT molecular complexity index is 218. The van der Waals surface area contributed by atoms with Crippen molar-refractivity contribution in [1.29, 1.82) is 0 Å². The Balaban J connectivity index is 0. The number of quaternary nitrogens is 1. The summed E-state index contributed by atoms with van der Waals surface area (Å²) in [4.78, 5) is 22.7. The van der Waals surface area contributed by atoms with E-state index in [0.29, 0.717) is 6.42 Å². The minimum Gasteiger partial charge on any atom is -0.481 e. The third-order valence-corrected chi connectivity index (χ3v) is 2.87. The topological polar surface area (TPSA) is 79.0 Å². The second-order valence-corrected chi connectivity index (χ2v) is 3.93. The molecule has 0 amide bonds. The quantitative estimate of drug-likeness (QED) is 0.354. The van der Waals surface area contributed by atoms with E-state index < -0.39 is 17.9 Å². The zero-order chi connectivity index (χ0) is 12.6. The van der Waals surface area contributed by atoms with Crippen LogP contribution in [0.1, 0.15) is 33.1 Å². The summed E-state index contributed by atoms with van der Waals surface area (Å²) < 4.78 is 0. The van der Waals surface area contributed by atoms with E-state index in [0.717, 1.165) is 26.1 Å². The van der Waals surface area contributed by atoms with Gasteiger partial charge in [0.15, 0.2) is 5.92 Å². The molecule has 0 aliphatic heterocycles. The van der Waals surface area contributed by atoms with Gasteiger partial charge >= 0.3 is 11.9 Å². The van der Waals surface area contributed by atoms with E-state index >= 15 is 0 Å². The smallest absolute Gasteiger partial charge is 0.317 e. The van der Waals surface area contributed by atoms with Crippen molar-refractivity contribution in [1.82, 2.24) is 0 Å². The molecule has 0 aromatic heterocycles. The molecule has 0 rings (SSSR count). The van der Waals surface area contributed by atoms with Gasteiger partial charge in [-0.15, -0.1) is 0 Å². The van der Waals surface area contributed by atoms with Crippen LogP contribution in [-0.4, -0.2) is 41.8 Å². The van der Waals surface area contributed by atoms with Crippen LogP contribution in [0.25, 0.3) is 0 Å². The first-order chi connectivity index (χ1) is 7.52. The average Bonchev–Trinajstić information content (AvgIpc) is 2.22. The summed E-state index contributed by atoms with van der Waals surface area (Å²) in [7, 11) is 0. The van der Waals surface area contributed by atoms with Crippen molar-refractivity contribution in [3.8, 4) is 0 Å². The van der Waals surface area contributed by atoms with Gasteiger partial charge in [0.2, 0.25) is 0 Å². The predicted octanol–water partition coefficient (Wildman–Crippen LogP) is -0.136. The van der Waals surface area contributed by atoms with E-state index in [4.69, 9.17) is 10.2 Å². The van der Waals surface area contributed by atoms with Crippen LogP contribution in [0.3, 0.4) is 0 Å². The summed E-state index contributed by atoms with van der Waals surface area (Å²) in [6, 6.07) is 0. The zero-order valence-electron chi connectivity index (χ0n) is 10.3. The number of carbonyl (C=O) groups is 2. The van der Waals surface area contributed by atoms with Crippen LogP contribution >= 0.6 is 0 Å². The first-order valence-corrected chi connectivity index (χ1v) is 5.82. The molecule has 6 heteroatoms. The first-order valence-electron chi connectivity index (χ1n) is 5.82. The molecule has 0 saturated heterocycles. The number of rotatable bonds is 9. The van der Waals surface area contributed by atoms with Gasteiger partial charge in [-0.1, -0.05) is 0 Å². The molecule has 0 heterocycles. The van der Waals surface area contributed by atoms with E-state index in [2.05, 4.69) is 13.8 Å². The largest absolute Gasteiger partial charge is 0.481 e. The molecule has 0 radical (unpaired) electrons. The first kappa shape index (κ1) is 18.9. The van der Waals surface area contributed by atoms with E-state index in [9.17, 15) is 9.59 Å². The Morgan fingerprint density at radius 1 is 1.06 bits per heavy atom. The van der Waals surface area contributed by atoms with Crippen LogP contribution in [0.5, 0.6) is 0 Å². The zero-order valence-corrected chi connectivity index (χ0v) is 12.6. The molecule has 0 aliphatic carbocycles. The van der Waals surface area contributed by atoms with Crippen LogP contribution in [0.15, 0.2) is 0 Å². The SMILES string of the molecule is CC[NH+](CC)CCCCC(C(=O)O)C(=O)O.[Pt]. The van der Waals surface area contributed by atoms with Crippen LogP contribution in [-0.2, 0) is 30.7 Å². The number of hydrogen-bond donors (Lipinski definition) is 3. The maximum Gasteiger partial charge on any atom is 0.317 e. The molecule has 17 heavy (non-hydrogen) atoms. The van der Waals surface area contributed by atoms with Crippen molar-refractivity contribution in [3.05, 3.63) is 0 Å². The monoisotopic (exact) mass is 427 g/mol. The summed E-state index contributed by atoms with van der Waals surface area (Å²) in [6.45, 7) is 7.31. The molecule has 0 aromatic carbocycles. The molecule has 0 spiro atoms. The Morgan fingerprint density at radius 3 is 1.88 bits per heavy atom. The van der Waals surface area contributed by atoms with Gasteiger partial charge in [0.1, 0.15) is 0 Å².